The van der Waals surface area contributed by atoms with Crippen molar-refractivity contribution in [3.8, 4) is 11.1 Å². The number of nitrogens with one attached hydrogen (secondary N) is 1. The van der Waals surface area contributed by atoms with Crippen molar-refractivity contribution < 1.29 is 4.79 Å². The van der Waals surface area contributed by atoms with Crippen LogP contribution in [0.25, 0.3) is 16.6 Å². The molecule has 0 aliphatic heterocycles. The van der Waals surface area contributed by atoms with Gasteiger partial charge in [-0.1, -0.05) is 30.3 Å². The van der Waals surface area contributed by atoms with Gasteiger partial charge in [0, 0.05) is 24.8 Å². The largest absolute Gasteiger partial charge is 0.311 e. The third-order valence-corrected chi connectivity index (χ3v) is 2.90. The van der Waals surface area contributed by atoms with Crippen molar-refractivity contribution in [2.24, 2.45) is 0 Å². The second kappa shape index (κ2) is 4.57. The smallest absolute Gasteiger partial charge is 0.222 e. The Bertz CT molecular complexity index is 731. The Morgan fingerprint density at radius 3 is 2.68 bits per heavy atom. The first-order chi connectivity index (χ1) is 9.22. The number of hydrogen-bond donors (Lipinski definition) is 1. The van der Waals surface area contributed by atoms with Gasteiger partial charge in [0.15, 0.2) is 0 Å². The molecular formula is C15H13N3O. The number of aromatic nitrogens is 2. The van der Waals surface area contributed by atoms with Gasteiger partial charge in [0.1, 0.15) is 12.1 Å². The number of carbonyl (C=O) groups excluding carboxylic acids is 1. The highest BCUT2D eigenvalue weighted by Gasteiger charge is 2.04. The van der Waals surface area contributed by atoms with Crippen LogP contribution in [-0.2, 0) is 4.79 Å². The lowest BCUT2D eigenvalue weighted by atomic mass is 10.1. The van der Waals surface area contributed by atoms with Gasteiger partial charge in [-0.25, -0.2) is 4.98 Å². The monoisotopic (exact) mass is 251 g/mol. The molecule has 2 heterocycles. The third-order valence-electron chi connectivity index (χ3n) is 2.90. The fourth-order valence-corrected chi connectivity index (χ4v) is 2.05. The summed E-state index contributed by atoms with van der Waals surface area (Å²) in [7, 11) is 0. The minimum absolute atomic E-state index is 0.119. The van der Waals surface area contributed by atoms with Gasteiger partial charge < -0.3 is 9.72 Å². The lowest BCUT2D eigenvalue weighted by Gasteiger charge is -2.00. The number of hydrogen-bond acceptors (Lipinski definition) is 2. The molecule has 4 nitrogen and oxygen atoms in total. The lowest BCUT2D eigenvalue weighted by Crippen LogP contribution is -2.07. The first-order valence-electron chi connectivity index (χ1n) is 6.03. The van der Waals surface area contributed by atoms with Crippen LogP contribution in [-0.4, -0.2) is 15.3 Å². The van der Waals surface area contributed by atoms with Gasteiger partial charge in [-0.3, -0.25) is 4.79 Å². The van der Waals surface area contributed by atoms with E-state index in [0.29, 0.717) is 5.82 Å². The molecule has 0 aliphatic rings. The molecule has 3 aromatic rings. The summed E-state index contributed by atoms with van der Waals surface area (Å²) in [5, 5.41) is 2.68. The second-order valence-corrected chi connectivity index (χ2v) is 4.38. The van der Waals surface area contributed by atoms with Crippen LogP contribution in [0.15, 0.2) is 55.0 Å². The second-order valence-electron chi connectivity index (χ2n) is 4.38. The summed E-state index contributed by atoms with van der Waals surface area (Å²) in [6, 6.07) is 14.1. The first kappa shape index (κ1) is 11.5. The molecule has 0 saturated heterocycles. The van der Waals surface area contributed by atoms with E-state index in [2.05, 4.69) is 28.5 Å². The summed E-state index contributed by atoms with van der Waals surface area (Å²) in [4.78, 5) is 15.2. The highest BCUT2D eigenvalue weighted by molar-refractivity contribution is 5.88. The van der Waals surface area contributed by atoms with Crippen LogP contribution in [0.2, 0.25) is 0 Å². The molecule has 0 bridgehead atoms. The molecule has 1 amide bonds. The zero-order valence-electron chi connectivity index (χ0n) is 10.5. The fraction of sp³-hybridized carbons (Fsp3) is 0.0667. The maximum Gasteiger partial charge on any atom is 0.222 e. The Morgan fingerprint density at radius 2 is 1.95 bits per heavy atom. The first-order valence-corrected chi connectivity index (χ1v) is 6.03. The molecule has 0 fully saturated rings. The Balaban J connectivity index is 2.04. The molecule has 2 aromatic heterocycles. The summed E-state index contributed by atoms with van der Waals surface area (Å²) in [5.41, 5.74) is 3.28. The standard InChI is InChI=1S/C15H13N3O/c1-11(19)17-15-8-14-7-13(9-18(14)10-16-15)12-5-3-2-4-6-12/h2-10H,1H3,(H,17,19). The number of rotatable bonds is 2. The van der Waals surface area contributed by atoms with Gasteiger partial charge in [0.05, 0.1) is 5.52 Å². The van der Waals surface area contributed by atoms with Crippen LogP contribution in [0.3, 0.4) is 0 Å². The van der Waals surface area contributed by atoms with E-state index in [-0.39, 0.29) is 5.91 Å². The maximum atomic E-state index is 11.0. The van der Waals surface area contributed by atoms with Gasteiger partial charge in [0.25, 0.3) is 0 Å². The summed E-state index contributed by atoms with van der Waals surface area (Å²) >= 11 is 0. The molecule has 3 rings (SSSR count). The van der Waals surface area contributed by atoms with Crippen molar-refractivity contribution in [3.63, 3.8) is 0 Å². The van der Waals surface area contributed by atoms with E-state index in [4.69, 9.17) is 0 Å². The number of nitrogens with zero attached hydrogens (tertiary/aromatic N) is 2. The van der Waals surface area contributed by atoms with E-state index < -0.39 is 0 Å². The number of fused-ring (bicyclic) bond motifs is 1. The molecule has 94 valence electrons. The highest BCUT2D eigenvalue weighted by atomic mass is 16.1. The van der Waals surface area contributed by atoms with Crippen LogP contribution >= 0.6 is 0 Å². The van der Waals surface area contributed by atoms with E-state index in [0.717, 1.165) is 16.6 Å². The molecule has 0 aliphatic carbocycles. The molecule has 0 radical (unpaired) electrons. The van der Waals surface area contributed by atoms with Gasteiger partial charge in [-0.05, 0) is 11.6 Å². The van der Waals surface area contributed by atoms with Gasteiger partial charge >= 0.3 is 0 Å². The van der Waals surface area contributed by atoms with Crippen molar-refractivity contribution in [1.29, 1.82) is 0 Å². The molecular weight excluding hydrogens is 238 g/mol. The van der Waals surface area contributed by atoms with E-state index in [1.807, 2.05) is 34.9 Å². The van der Waals surface area contributed by atoms with Crippen molar-refractivity contribution >= 4 is 17.2 Å². The Labute approximate surface area is 110 Å². The molecule has 0 unspecified atom stereocenters. The Hall–Kier alpha value is -2.62. The third kappa shape index (κ3) is 2.33. The van der Waals surface area contributed by atoms with Crippen LogP contribution < -0.4 is 5.32 Å². The normalized spacial score (nSPS) is 10.6. The van der Waals surface area contributed by atoms with E-state index in [1.54, 1.807) is 6.33 Å². The summed E-state index contributed by atoms with van der Waals surface area (Å²) < 4.78 is 1.94. The molecule has 1 N–H and O–H groups in total. The topological polar surface area (TPSA) is 46.4 Å². The highest BCUT2D eigenvalue weighted by Crippen LogP contribution is 2.23. The average molecular weight is 251 g/mol. The van der Waals surface area contributed by atoms with Crippen LogP contribution in [0.4, 0.5) is 5.82 Å². The van der Waals surface area contributed by atoms with Crippen LogP contribution in [0.5, 0.6) is 0 Å². The molecule has 0 spiro atoms. The average Bonchev–Trinajstić information content (AvgIpc) is 2.82. The van der Waals surface area contributed by atoms with E-state index in [9.17, 15) is 4.79 Å². The zero-order chi connectivity index (χ0) is 13.2. The molecule has 0 saturated carbocycles. The minimum atomic E-state index is -0.119. The number of anilines is 1. The number of benzene rings is 1. The molecule has 1 aromatic carbocycles. The predicted molar refractivity (Wildman–Crippen MR) is 74.9 cm³/mol. The quantitative estimate of drug-likeness (QED) is 0.761. The Kier molecular flexibility index (Phi) is 2.76. The summed E-state index contributed by atoms with van der Waals surface area (Å²) in [5.74, 6) is 0.449. The molecule has 4 heteroatoms. The summed E-state index contributed by atoms with van der Waals surface area (Å²) in [6.45, 7) is 1.47. The van der Waals surface area contributed by atoms with Gasteiger partial charge in [0.2, 0.25) is 5.91 Å². The number of carbonyl (C=O) groups is 1. The zero-order valence-corrected chi connectivity index (χ0v) is 10.5. The van der Waals surface area contributed by atoms with Crippen LogP contribution in [0.1, 0.15) is 6.92 Å². The summed E-state index contributed by atoms with van der Waals surface area (Å²) in [6.07, 6.45) is 3.72. The minimum Gasteiger partial charge on any atom is -0.311 e. The van der Waals surface area contributed by atoms with Crippen molar-refractivity contribution in [2.75, 3.05) is 5.32 Å². The van der Waals surface area contributed by atoms with Gasteiger partial charge in [-0.2, -0.15) is 0 Å². The van der Waals surface area contributed by atoms with Crippen molar-refractivity contribution in [3.05, 3.63) is 55.0 Å². The van der Waals surface area contributed by atoms with E-state index in [1.165, 1.54) is 6.92 Å². The maximum absolute atomic E-state index is 11.0. The van der Waals surface area contributed by atoms with E-state index >= 15 is 0 Å². The predicted octanol–water partition coefficient (Wildman–Crippen LogP) is 2.96. The lowest BCUT2D eigenvalue weighted by molar-refractivity contribution is -0.114. The van der Waals surface area contributed by atoms with Crippen molar-refractivity contribution in [2.45, 2.75) is 6.92 Å². The molecule has 19 heavy (non-hydrogen) atoms. The fourth-order valence-electron chi connectivity index (χ4n) is 2.05. The van der Waals surface area contributed by atoms with Crippen molar-refractivity contribution in [1.82, 2.24) is 9.38 Å². The van der Waals surface area contributed by atoms with Crippen LogP contribution in [0, 0.1) is 0 Å². The molecule has 0 atom stereocenters. The number of amides is 1. The van der Waals surface area contributed by atoms with Gasteiger partial charge in [-0.15, -0.1) is 0 Å². The Morgan fingerprint density at radius 1 is 1.16 bits per heavy atom. The SMILES string of the molecule is CC(=O)Nc1cc2cc(-c3ccccc3)cn2cn1.